The van der Waals surface area contributed by atoms with Gasteiger partial charge in [-0.3, -0.25) is 4.98 Å². The second-order valence-corrected chi connectivity index (χ2v) is 7.29. The lowest BCUT2D eigenvalue weighted by atomic mass is 9.97. The Morgan fingerprint density at radius 1 is 1.20 bits per heavy atom. The van der Waals surface area contributed by atoms with Crippen molar-refractivity contribution in [2.45, 2.75) is 40.8 Å². The van der Waals surface area contributed by atoms with Gasteiger partial charge in [-0.2, -0.15) is 5.26 Å². The van der Waals surface area contributed by atoms with Gasteiger partial charge in [-0.15, -0.1) is 0 Å². The highest BCUT2D eigenvalue weighted by molar-refractivity contribution is 5.76. The van der Waals surface area contributed by atoms with Crippen molar-refractivity contribution in [3.8, 4) is 11.8 Å². The van der Waals surface area contributed by atoms with E-state index in [1.54, 1.807) is 12.4 Å². The maximum atomic E-state index is 9.09. The predicted octanol–water partition coefficient (Wildman–Crippen LogP) is 3.63. The lowest BCUT2D eigenvalue weighted by Gasteiger charge is -2.21. The van der Waals surface area contributed by atoms with Gasteiger partial charge in [-0.1, -0.05) is 20.8 Å². The van der Waals surface area contributed by atoms with Crippen molar-refractivity contribution in [2.75, 3.05) is 0 Å². The van der Waals surface area contributed by atoms with Crippen molar-refractivity contribution >= 4 is 11.0 Å². The molecule has 6 nitrogen and oxygen atoms in total. The Morgan fingerprint density at radius 2 is 2.00 bits per heavy atom. The van der Waals surface area contributed by atoms with E-state index in [0.717, 1.165) is 34.7 Å². The van der Waals surface area contributed by atoms with Gasteiger partial charge in [0.2, 0.25) is 5.82 Å². The average Bonchev–Trinajstić information content (AvgIpc) is 2.89. The van der Waals surface area contributed by atoms with Crippen molar-refractivity contribution in [3.05, 3.63) is 47.8 Å². The molecule has 0 N–H and O–H groups in total. The highest BCUT2D eigenvalue weighted by Gasteiger charge is 2.18. The smallest absolute Gasteiger partial charge is 0.234 e. The van der Waals surface area contributed by atoms with Crippen LogP contribution < -0.4 is 4.74 Å². The van der Waals surface area contributed by atoms with E-state index < -0.39 is 0 Å². The molecule has 0 aliphatic carbocycles. The number of nitriles is 1. The molecule has 128 valence electrons. The molecule has 25 heavy (non-hydrogen) atoms. The molecule has 0 amide bonds. The van der Waals surface area contributed by atoms with Crippen LogP contribution in [0.15, 0.2) is 30.6 Å². The Hall–Kier alpha value is -2.94. The summed E-state index contributed by atoms with van der Waals surface area (Å²) in [4.78, 5) is 12.7. The van der Waals surface area contributed by atoms with Gasteiger partial charge in [0.25, 0.3) is 0 Å². The average molecular weight is 335 g/mol. The van der Waals surface area contributed by atoms with E-state index in [-0.39, 0.29) is 11.2 Å². The van der Waals surface area contributed by atoms with Crippen LogP contribution in [0.1, 0.15) is 38.0 Å². The van der Waals surface area contributed by atoms with Crippen LogP contribution in [0.4, 0.5) is 0 Å². The fraction of sp³-hybridized carbons (Fsp3) is 0.368. The number of aromatic nitrogens is 4. The summed E-state index contributed by atoms with van der Waals surface area (Å²) in [5.41, 5.74) is 2.77. The molecule has 3 heterocycles. The van der Waals surface area contributed by atoms with E-state index in [0.29, 0.717) is 6.61 Å². The number of hydrogen-bond acceptors (Lipinski definition) is 5. The maximum Gasteiger partial charge on any atom is 0.234 e. The normalized spacial score (nSPS) is 11.5. The third kappa shape index (κ3) is 3.94. The first-order chi connectivity index (χ1) is 11.9. The molecule has 0 fully saturated rings. The Morgan fingerprint density at radius 3 is 2.64 bits per heavy atom. The summed E-state index contributed by atoms with van der Waals surface area (Å²) in [6.07, 6.45) is 3.41. The molecule has 3 rings (SSSR count). The molecule has 0 unspecified atom stereocenters. The van der Waals surface area contributed by atoms with E-state index in [1.165, 1.54) is 0 Å². The summed E-state index contributed by atoms with van der Waals surface area (Å²) in [6, 6.07) is 7.85. The minimum absolute atomic E-state index is 0.0594. The molecule has 3 aromatic rings. The van der Waals surface area contributed by atoms with E-state index in [1.807, 2.05) is 31.2 Å². The number of rotatable bonds is 4. The van der Waals surface area contributed by atoms with E-state index in [9.17, 15) is 0 Å². The summed E-state index contributed by atoms with van der Waals surface area (Å²) in [5.74, 6) is 0.901. The largest absolute Gasteiger partial charge is 0.486 e. The number of pyridine rings is 1. The standard InChI is InChI=1S/C19H21N5O/c1-13-5-6-16(10-21-13)25-11-15-7-14-9-22-17(8-20)23-18(14)24(15)12-19(2,3)4/h5-7,9-10H,11-12H2,1-4H3. The first kappa shape index (κ1) is 16.9. The van der Waals surface area contributed by atoms with Crippen molar-refractivity contribution < 1.29 is 4.74 Å². The van der Waals surface area contributed by atoms with Crippen LogP contribution in [0.5, 0.6) is 5.75 Å². The van der Waals surface area contributed by atoms with Crippen molar-refractivity contribution in [2.24, 2.45) is 5.41 Å². The molecule has 0 saturated heterocycles. The fourth-order valence-corrected chi connectivity index (χ4v) is 2.61. The van der Waals surface area contributed by atoms with Gasteiger partial charge in [-0.05, 0) is 30.5 Å². The minimum Gasteiger partial charge on any atom is -0.486 e. The lowest BCUT2D eigenvalue weighted by Crippen LogP contribution is -2.18. The molecule has 0 aliphatic rings. The van der Waals surface area contributed by atoms with E-state index >= 15 is 0 Å². The van der Waals surface area contributed by atoms with Gasteiger partial charge >= 0.3 is 0 Å². The van der Waals surface area contributed by atoms with Crippen LogP contribution >= 0.6 is 0 Å². The lowest BCUT2D eigenvalue weighted by molar-refractivity contribution is 0.280. The number of nitrogens with zero attached hydrogens (tertiary/aromatic N) is 5. The number of fused-ring (bicyclic) bond motifs is 1. The molecule has 0 saturated carbocycles. The van der Waals surface area contributed by atoms with Crippen LogP contribution in [-0.4, -0.2) is 19.5 Å². The van der Waals surface area contributed by atoms with Gasteiger partial charge in [0.1, 0.15) is 24.1 Å². The van der Waals surface area contributed by atoms with Gasteiger partial charge in [0.05, 0.1) is 11.9 Å². The predicted molar refractivity (Wildman–Crippen MR) is 95.0 cm³/mol. The summed E-state index contributed by atoms with van der Waals surface area (Å²) < 4.78 is 8.00. The van der Waals surface area contributed by atoms with Crippen molar-refractivity contribution in [1.82, 2.24) is 19.5 Å². The molecule has 0 bridgehead atoms. The highest BCUT2D eigenvalue weighted by atomic mass is 16.5. The molecule has 0 aliphatic heterocycles. The number of hydrogen-bond donors (Lipinski definition) is 0. The molecule has 0 radical (unpaired) electrons. The quantitative estimate of drug-likeness (QED) is 0.727. The molecule has 3 aromatic heterocycles. The van der Waals surface area contributed by atoms with Crippen molar-refractivity contribution in [1.29, 1.82) is 5.26 Å². The monoisotopic (exact) mass is 335 g/mol. The topological polar surface area (TPSA) is 76.6 Å². The summed E-state index contributed by atoms with van der Waals surface area (Å²) >= 11 is 0. The third-order valence-electron chi connectivity index (χ3n) is 3.72. The Labute approximate surface area is 147 Å². The molecular formula is C19H21N5O. The zero-order chi connectivity index (χ0) is 18.0. The van der Waals surface area contributed by atoms with Gasteiger partial charge in [0, 0.05) is 23.8 Å². The van der Waals surface area contributed by atoms with E-state index in [2.05, 4.69) is 40.3 Å². The molecule has 6 heteroatoms. The zero-order valence-electron chi connectivity index (χ0n) is 14.9. The van der Waals surface area contributed by atoms with Crippen molar-refractivity contribution in [3.63, 3.8) is 0 Å². The SMILES string of the molecule is Cc1ccc(OCc2cc3cnc(C#N)nc3n2CC(C)(C)C)cn1. The van der Waals surface area contributed by atoms with Crippen LogP contribution in [0.3, 0.4) is 0 Å². The van der Waals surface area contributed by atoms with Crippen LogP contribution in [0.2, 0.25) is 0 Å². The van der Waals surface area contributed by atoms with E-state index in [4.69, 9.17) is 10.00 Å². The van der Waals surface area contributed by atoms with Crippen LogP contribution in [-0.2, 0) is 13.2 Å². The van der Waals surface area contributed by atoms with Gasteiger partial charge in [-0.25, -0.2) is 9.97 Å². The van der Waals surface area contributed by atoms with Crippen LogP contribution in [0, 0.1) is 23.7 Å². The second-order valence-electron chi connectivity index (χ2n) is 7.29. The zero-order valence-corrected chi connectivity index (χ0v) is 14.9. The minimum atomic E-state index is 0.0594. The number of aryl methyl sites for hydroxylation is 1. The number of ether oxygens (including phenoxy) is 1. The Kier molecular flexibility index (Phi) is 4.41. The Bertz CT molecular complexity index is 929. The maximum absolute atomic E-state index is 9.09. The second kappa shape index (κ2) is 6.52. The first-order valence-corrected chi connectivity index (χ1v) is 8.16. The fourth-order valence-electron chi connectivity index (χ4n) is 2.61. The molecule has 0 atom stereocenters. The summed E-state index contributed by atoms with van der Waals surface area (Å²) in [6.45, 7) is 9.61. The van der Waals surface area contributed by atoms with Gasteiger partial charge < -0.3 is 9.30 Å². The summed E-state index contributed by atoms with van der Waals surface area (Å²) in [7, 11) is 0. The third-order valence-corrected chi connectivity index (χ3v) is 3.72. The van der Waals surface area contributed by atoms with Gasteiger partial charge in [0.15, 0.2) is 0 Å². The van der Waals surface area contributed by atoms with Crippen LogP contribution in [0.25, 0.3) is 11.0 Å². The molecule has 0 spiro atoms. The summed E-state index contributed by atoms with van der Waals surface area (Å²) in [5, 5.41) is 9.99. The first-order valence-electron chi connectivity index (χ1n) is 8.16. The molecular weight excluding hydrogens is 314 g/mol. The molecule has 0 aromatic carbocycles. The highest BCUT2D eigenvalue weighted by Crippen LogP contribution is 2.25. The Balaban J connectivity index is 1.96.